The first kappa shape index (κ1) is 29.6. The summed E-state index contributed by atoms with van der Waals surface area (Å²) in [5.41, 5.74) is 8.14. The molecule has 0 saturated carbocycles. The second-order valence-electron chi connectivity index (χ2n) is 13.9. The molecule has 0 spiro atoms. The average Bonchev–Trinajstić information content (AvgIpc) is 3.80. The molecule has 4 heterocycles. The number of aromatic nitrogens is 4. The van der Waals surface area contributed by atoms with Crippen LogP contribution in [0.1, 0.15) is 0 Å². The minimum absolute atomic E-state index is 0.653. The third-order valence-electron chi connectivity index (χ3n) is 11.0. The van der Waals surface area contributed by atoms with Gasteiger partial charge in [-0.1, -0.05) is 140 Å². The van der Waals surface area contributed by atoms with Crippen LogP contribution in [-0.4, -0.2) is 19.5 Å². The van der Waals surface area contributed by atoms with Crippen molar-refractivity contribution in [3.63, 3.8) is 0 Å². The molecule has 4 nitrogen and oxygen atoms in total. The normalized spacial score (nSPS) is 12.1. The van der Waals surface area contributed by atoms with Crippen LogP contribution in [0.15, 0.2) is 170 Å². The maximum absolute atomic E-state index is 5.66. The summed E-state index contributed by atoms with van der Waals surface area (Å²) >= 11 is 1.84. The van der Waals surface area contributed by atoms with Crippen molar-refractivity contribution in [1.29, 1.82) is 0 Å². The van der Waals surface area contributed by atoms with E-state index < -0.39 is 0 Å². The predicted octanol–water partition coefficient (Wildman–Crippen LogP) is 13.3. The quantitative estimate of drug-likeness (QED) is 0.172. The van der Waals surface area contributed by atoms with E-state index in [1.165, 1.54) is 41.7 Å². The maximum Gasteiger partial charge on any atom is 0.235 e. The van der Waals surface area contributed by atoms with Gasteiger partial charge < -0.3 is 0 Å². The molecule has 0 aliphatic heterocycles. The van der Waals surface area contributed by atoms with E-state index in [2.05, 4.69) is 162 Å². The van der Waals surface area contributed by atoms with Crippen molar-refractivity contribution in [1.82, 2.24) is 19.5 Å². The molecule has 250 valence electrons. The highest BCUT2D eigenvalue weighted by Gasteiger charge is 2.21. The van der Waals surface area contributed by atoms with E-state index in [-0.39, 0.29) is 0 Å². The Hall–Kier alpha value is -6.95. The van der Waals surface area contributed by atoms with Gasteiger partial charge in [0.25, 0.3) is 0 Å². The first-order chi connectivity index (χ1) is 26.8. The van der Waals surface area contributed by atoms with Crippen molar-refractivity contribution in [2.24, 2.45) is 0 Å². The largest absolute Gasteiger partial charge is 0.278 e. The number of nitrogens with zero attached hydrogens (tertiary/aromatic N) is 4. The molecule has 0 unspecified atom stereocenters. The zero-order valence-corrected chi connectivity index (χ0v) is 29.7. The molecular formula is C49H28N4S. The van der Waals surface area contributed by atoms with Crippen LogP contribution in [0.3, 0.4) is 0 Å². The molecule has 0 saturated heterocycles. The van der Waals surface area contributed by atoms with Crippen LogP contribution >= 0.6 is 11.3 Å². The summed E-state index contributed by atoms with van der Waals surface area (Å²) in [4.78, 5) is 16.1. The van der Waals surface area contributed by atoms with Crippen LogP contribution < -0.4 is 0 Å². The van der Waals surface area contributed by atoms with Gasteiger partial charge in [-0.25, -0.2) is 15.0 Å². The summed E-state index contributed by atoms with van der Waals surface area (Å²) < 4.78 is 4.73. The lowest BCUT2D eigenvalue weighted by Crippen LogP contribution is -2.03. The Morgan fingerprint density at radius 2 is 0.981 bits per heavy atom. The van der Waals surface area contributed by atoms with E-state index in [1.807, 2.05) is 23.5 Å². The van der Waals surface area contributed by atoms with Crippen LogP contribution in [0, 0.1) is 0 Å². The Kier molecular flexibility index (Phi) is 6.18. The van der Waals surface area contributed by atoms with E-state index >= 15 is 0 Å². The Labute approximate surface area is 313 Å². The molecule has 0 bridgehead atoms. The molecule has 8 aromatic carbocycles. The van der Waals surface area contributed by atoms with E-state index in [9.17, 15) is 0 Å². The molecule has 0 radical (unpaired) electrons. The molecular weight excluding hydrogens is 677 g/mol. The first-order valence-corrected chi connectivity index (χ1v) is 19.0. The lowest BCUT2D eigenvalue weighted by Gasteiger charge is -2.14. The number of pyridine rings is 1. The van der Waals surface area contributed by atoms with Gasteiger partial charge in [0.15, 0.2) is 0 Å². The van der Waals surface area contributed by atoms with Crippen molar-refractivity contribution in [2.45, 2.75) is 0 Å². The number of rotatable bonds is 3. The summed E-state index contributed by atoms with van der Waals surface area (Å²) in [6, 6.07) is 60.4. The lowest BCUT2D eigenvalue weighted by atomic mass is 9.94. The second-order valence-corrected chi connectivity index (χ2v) is 15.0. The third kappa shape index (κ3) is 4.15. The van der Waals surface area contributed by atoms with Gasteiger partial charge in [-0.05, 0) is 46.5 Å². The van der Waals surface area contributed by atoms with Crippen LogP contribution in [0.5, 0.6) is 0 Å². The third-order valence-corrected chi connectivity index (χ3v) is 12.2. The fraction of sp³-hybridized carbons (Fsp3) is 0. The summed E-state index contributed by atoms with van der Waals surface area (Å²) in [6.07, 6.45) is 0. The molecule has 0 aliphatic rings. The highest BCUT2D eigenvalue weighted by molar-refractivity contribution is 7.27. The summed E-state index contributed by atoms with van der Waals surface area (Å²) in [5.74, 6) is 0.653. The monoisotopic (exact) mass is 704 g/mol. The topological polar surface area (TPSA) is 43.6 Å². The van der Waals surface area contributed by atoms with Crippen LogP contribution in [0.4, 0.5) is 0 Å². The zero-order valence-electron chi connectivity index (χ0n) is 28.9. The standard InChI is InChI=1S/C49H28N4S/c1-2-14-29(15-3-1)45-36-21-8-11-23-39(36)50-49(52-45)53-40-24-12-9-16-31(40)38-28-30(26-27-41(38)53)46-35-20-7-6-19-34(35)43-32-17-4-5-18-33(32)44-37-22-10-13-25-42(37)54-48(44)47(43)51-46/h1-28H. The summed E-state index contributed by atoms with van der Waals surface area (Å²) in [5, 5.41) is 12.0. The van der Waals surface area contributed by atoms with Gasteiger partial charge in [0.2, 0.25) is 5.95 Å². The van der Waals surface area contributed by atoms with Crippen molar-refractivity contribution >= 4 is 96.7 Å². The average molecular weight is 705 g/mol. The fourth-order valence-corrected chi connectivity index (χ4v) is 9.85. The van der Waals surface area contributed by atoms with E-state index in [4.69, 9.17) is 15.0 Å². The number of thiophene rings is 1. The van der Waals surface area contributed by atoms with Gasteiger partial charge >= 0.3 is 0 Å². The van der Waals surface area contributed by atoms with Gasteiger partial charge in [-0.2, -0.15) is 0 Å². The van der Waals surface area contributed by atoms with Crippen molar-refractivity contribution in [2.75, 3.05) is 0 Å². The number of hydrogen-bond donors (Lipinski definition) is 0. The SMILES string of the molecule is c1ccc(-c2nc(-n3c4ccccc4c4cc(-c5nc6c7sc8ccccc8c7c7ccccc7c6c6ccccc56)ccc43)nc3ccccc23)cc1. The van der Waals surface area contributed by atoms with Crippen molar-refractivity contribution in [3.05, 3.63) is 170 Å². The van der Waals surface area contributed by atoms with Crippen LogP contribution in [-0.2, 0) is 0 Å². The fourth-order valence-electron chi connectivity index (χ4n) is 8.63. The van der Waals surface area contributed by atoms with E-state index in [0.717, 1.165) is 66.1 Å². The first-order valence-electron chi connectivity index (χ1n) is 18.2. The van der Waals surface area contributed by atoms with E-state index in [0.29, 0.717) is 5.95 Å². The summed E-state index contributed by atoms with van der Waals surface area (Å²) in [7, 11) is 0. The Morgan fingerprint density at radius 3 is 1.80 bits per heavy atom. The summed E-state index contributed by atoms with van der Waals surface area (Å²) in [6.45, 7) is 0. The molecule has 0 fully saturated rings. The molecule has 0 aliphatic carbocycles. The van der Waals surface area contributed by atoms with Gasteiger partial charge in [-0.15, -0.1) is 11.3 Å². The molecule has 12 rings (SSSR count). The number of benzene rings is 8. The molecule has 4 aromatic heterocycles. The minimum atomic E-state index is 0.653. The van der Waals surface area contributed by atoms with Gasteiger partial charge in [0, 0.05) is 53.5 Å². The maximum atomic E-state index is 5.66. The van der Waals surface area contributed by atoms with E-state index in [1.54, 1.807) is 0 Å². The Morgan fingerprint density at radius 1 is 0.389 bits per heavy atom. The van der Waals surface area contributed by atoms with Gasteiger partial charge in [0.05, 0.1) is 38.2 Å². The minimum Gasteiger partial charge on any atom is -0.278 e. The lowest BCUT2D eigenvalue weighted by molar-refractivity contribution is 1.01. The molecule has 0 N–H and O–H groups in total. The zero-order chi connectivity index (χ0) is 35.3. The number of para-hydroxylation sites is 2. The molecule has 0 amide bonds. The second kappa shape index (κ2) is 11.3. The predicted molar refractivity (Wildman–Crippen MR) is 228 cm³/mol. The van der Waals surface area contributed by atoms with Gasteiger partial charge in [0.1, 0.15) is 0 Å². The van der Waals surface area contributed by atoms with Crippen molar-refractivity contribution < 1.29 is 0 Å². The van der Waals surface area contributed by atoms with Crippen molar-refractivity contribution in [3.8, 4) is 28.5 Å². The molecule has 12 aromatic rings. The Bertz CT molecular complexity index is 3510. The Balaban J connectivity index is 1.15. The highest BCUT2D eigenvalue weighted by Crippen LogP contribution is 2.47. The molecule has 0 atom stereocenters. The number of hydrogen-bond acceptors (Lipinski definition) is 4. The molecule has 5 heteroatoms. The van der Waals surface area contributed by atoms with Crippen LogP contribution in [0.25, 0.3) is 114 Å². The smallest absolute Gasteiger partial charge is 0.235 e. The van der Waals surface area contributed by atoms with Crippen LogP contribution in [0.2, 0.25) is 0 Å². The van der Waals surface area contributed by atoms with Gasteiger partial charge in [-0.3, -0.25) is 4.57 Å². The highest BCUT2D eigenvalue weighted by atomic mass is 32.1. The molecule has 54 heavy (non-hydrogen) atoms. The number of fused-ring (bicyclic) bond motifs is 14.